The van der Waals surface area contributed by atoms with Crippen LogP contribution in [0, 0.1) is 20.8 Å². The van der Waals surface area contributed by atoms with Gasteiger partial charge in [-0.1, -0.05) is 0 Å². The third kappa shape index (κ3) is 1.71. The van der Waals surface area contributed by atoms with Crippen LogP contribution in [-0.2, 0) is 5.75 Å². The van der Waals surface area contributed by atoms with Crippen LogP contribution in [0.15, 0.2) is 0 Å². The normalized spacial score (nSPS) is 10.2. The van der Waals surface area contributed by atoms with Gasteiger partial charge in [0.2, 0.25) is 0 Å². The summed E-state index contributed by atoms with van der Waals surface area (Å²) in [6.07, 6.45) is 0. The summed E-state index contributed by atoms with van der Waals surface area (Å²) in [5.41, 5.74) is 3.98. The standard InChI is InChI=1S/C8H12N2S/c1-5-6(2)10-8(4-11)7(3)9-5/h11H,4H2,1-3H3. The molecular weight excluding hydrogens is 156 g/mol. The molecule has 0 spiro atoms. The second-order valence-corrected chi connectivity index (χ2v) is 2.90. The van der Waals surface area contributed by atoms with Crippen LogP contribution in [0.25, 0.3) is 0 Å². The molecule has 0 aliphatic rings. The van der Waals surface area contributed by atoms with Crippen LogP contribution < -0.4 is 0 Å². The van der Waals surface area contributed by atoms with Gasteiger partial charge < -0.3 is 0 Å². The molecule has 1 aromatic heterocycles. The molecule has 0 unspecified atom stereocenters. The molecule has 0 saturated carbocycles. The van der Waals surface area contributed by atoms with E-state index >= 15 is 0 Å². The van der Waals surface area contributed by atoms with E-state index in [1.165, 1.54) is 0 Å². The second-order valence-electron chi connectivity index (χ2n) is 2.58. The van der Waals surface area contributed by atoms with Crippen molar-refractivity contribution in [1.29, 1.82) is 0 Å². The number of hydrogen-bond donors (Lipinski definition) is 1. The van der Waals surface area contributed by atoms with E-state index in [2.05, 4.69) is 22.6 Å². The third-order valence-electron chi connectivity index (χ3n) is 1.73. The van der Waals surface area contributed by atoms with Crippen molar-refractivity contribution in [2.75, 3.05) is 0 Å². The maximum atomic E-state index is 4.35. The summed E-state index contributed by atoms with van der Waals surface area (Å²) in [5.74, 6) is 0.667. The first kappa shape index (κ1) is 8.53. The van der Waals surface area contributed by atoms with E-state index in [-0.39, 0.29) is 0 Å². The van der Waals surface area contributed by atoms with Crippen LogP contribution in [0.3, 0.4) is 0 Å². The fourth-order valence-electron chi connectivity index (χ4n) is 0.911. The first-order valence-electron chi connectivity index (χ1n) is 3.56. The molecule has 0 bridgehead atoms. The van der Waals surface area contributed by atoms with Gasteiger partial charge in [0.25, 0.3) is 0 Å². The molecule has 0 aliphatic carbocycles. The van der Waals surface area contributed by atoms with Gasteiger partial charge in [-0.3, -0.25) is 9.97 Å². The van der Waals surface area contributed by atoms with Crippen molar-refractivity contribution in [3.05, 3.63) is 22.8 Å². The minimum Gasteiger partial charge on any atom is -0.255 e. The number of rotatable bonds is 1. The number of hydrogen-bond acceptors (Lipinski definition) is 3. The van der Waals surface area contributed by atoms with Crippen LogP contribution in [-0.4, -0.2) is 9.97 Å². The van der Waals surface area contributed by atoms with Crippen LogP contribution >= 0.6 is 12.6 Å². The molecule has 1 rings (SSSR count). The molecule has 0 aliphatic heterocycles. The van der Waals surface area contributed by atoms with Gasteiger partial charge in [0, 0.05) is 5.75 Å². The average molecular weight is 168 g/mol. The van der Waals surface area contributed by atoms with Gasteiger partial charge >= 0.3 is 0 Å². The summed E-state index contributed by atoms with van der Waals surface area (Å²) in [6, 6.07) is 0. The van der Waals surface area contributed by atoms with Crippen molar-refractivity contribution in [3.8, 4) is 0 Å². The van der Waals surface area contributed by atoms with Crippen molar-refractivity contribution < 1.29 is 0 Å². The number of nitrogens with zero attached hydrogens (tertiary/aromatic N) is 2. The number of aryl methyl sites for hydroxylation is 3. The average Bonchev–Trinajstić information content (AvgIpc) is 1.97. The Kier molecular flexibility index (Phi) is 2.49. The Morgan fingerprint density at radius 1 is 1.00 bits per heavy atom. The lowest BCUT2D eigenvalue weighted by Crippen LogP contribution is -2.00. The topological polar surface area (TPSA) is 25.8 Å². The molecule has 11 heavy (non-hydrogen) atoms. The van der Waals surface area contributed by atoms with Gasteiger partial charge in [0.05, 0.1) is 22.8 Å². The lowest BCUT2D eigenvalue weighted by atomic mass is 10.3. The number of thiol groups is 1. The van der Waals surface area contributed by atoms with Crippen molar-refractivity contribution in [2.24, 2.45) is 0 Å². The van der Waals surface area contributed by atoms with Crippen LogP contribution in [0.4, 0.5) is 0 Å². The van der Waals surface area contributed by atoms with Crippen LogP contribution in [0.2, 0.25) is 0 Å². The smallest absolute Gasteiger partial charge is 0.0715 e. The molecule has 1 heterocycles. The second kappa shape index (κ2) is 3.22. The van der Waals surface area contributed by atoms with Crippen molar-refractivity contribution in [3.63, 3.8) is 0 Å². The Hall–Kier alpha value is -0.570. The first-order chi connectivity index (χ1) is 5.15. The highest BCUT2D eigenvalue weighted by molar-refractivity contribution is 7.79. The zero-order valence-corrected chi connectivity index (χ0v) is 7.94. The highest BCUT2D eigenvalue weighted by atomic mass is 32.1. The Bertz CT molecular complexity index is 271. The Morgan fingerprint density at radius 3 is 2.09 bits per heavy atom. The summed E-state index contributed by atoms with van der Waals surface area (Å²) in [7, 11) is 0. The van der Waals surface area contributed by atoms with Gasteiger partial charge in [-0.05, 0) is 20.8 Å². The lowest BCUT2D eigenvalue weighted by Gasteiger charge is -2.04. The highest BCUT2D eigenvalue weighted by Gasteiger charge is 2.02. The fourth-order valence-corrected chi connectivity index (χ4v) is 1.21. The van der Waals surface area contributed by atoms with E-state index < -0.39 is 0 Å². The summed E-state index contributed by atoms with van der Waals surface area (Å²) in [6.45, 7) is 5.90. The molecule has 2 nitrogen and oxygen atoms in total. The van der Waals surface area contributed by atoms with E-state index in [0.717, 1.165) is 22.8 Å². The van der Waals surface area contributed by atoms with Gasteiger partial charge in [-0.25, -0.2) is 0 Å². The first-order valence-corrected chi connectivity index (χ1v) is 4.20. The maximum Gasteiger partial charge on any atom is 0.0715 e. The summed E-state index contributed by atoms with van der Waals surface area (Å²) in [4.78, 5) is 8.68. The molecule has 0 fully saturated rings. The Balaban J connectivity index is 3.21. The van der Waals surface area contributed by atoms with E-state index in [9.17, 15) is 0 Å². The van der Waals surface area contributed by atoms with E-state index in [0.29, 0.717) is 5.75 Å². The minimum absolute atomic E-state index is 0.667. The van der Waals surface area contributed by atoms with Crippen molar-refractivity contribution >= 4 is 12.6 Å². The fraction of sp³-hybridized carbons (Fsp3) is 0.500. The maximum absolute atomic E-state index is 4.35. The summed E-state index contributed by atoms with van der Waals surface area (Å²) < 4.78 is 0. The molecule has 0 atom stereocenters. The predicted molar refractivity (Wildman–Crippen MR) is 48.9 cm³/mol. The molecule has 0 radical (unpaired) electrons. The van der Waals surface area contributed by atoms with Crippen LogP contribution in [0.1, 0.15) is 22.8 Å². The van der Waals surface area contributed by atoms with E-state index in [1.54, 1.807) is 0 Å². The third-order valence-corrected chi connectivity index (χ3v) is 2.03. The molecule has 0 saturated heterocycles. The SMILES string of the molecule is Cc1nc(C)c(CS)nc1C. The highest BCUT2D eigenvalue weighted by Crippen LogP contribution is 2.08. The van der Waals surface area contributed by atoms with Gasteiger partial charge in [-0.15, -0.1) is 0 Å². The summed E-state index contributed by atoms with van der Waals surface area (Å²) in [5, 5.41) is 0. The minimum atomic E-state index is 0.667. The van der Waals surface area contributed by atoms with E-state index in [1.807, 2.05) is 20.8 Å². The van der Waals surface area contributed by atoms with E-state index in [4.69, 9.17) is 0 Å². The Morgan fingerprint density at radius 2 is 1.55 bits per heavy atom. The quantitative estimate of drug-likeness (QED) is 0.647. The van der Waals surface area contributed by atoms with Crippen molar-refractivity contribution in [2.45, 2.75) is 26.5 Å². The number of aromatic nitrogens is 2. The lowest BCUT2D eigenvalue weighted by molar-refractivity contribution is 0.952. The predicted octanol–water partition coefficient (Wildman–Crippen LogP) is 1.83. The van der Waals surface area contributed by atoms with Crippen molar-refractivity contribution in [1.82, 2.24) is 9.97 Å². The molecule has 60 valence electrons. The largest absolute Gasteiger partial charge is 0.255 e. The Labute approximate surface area is 72.5 Å². The monoisotopic (exact) mass is 168 g/mol. The zero-order chi connectivity index (χ0) is 8.43. The summed E-state index contributed by atoms with van der Waals surface area (Å²) >= 11 is 4.16. The molecule has 0 aromatic carbocycles. The van der Waals surface area contributed by atoms with Gasteiger partial charge in [0.15, 0.2) is 0 Å². The molecular formula is C8H12N2S. The zero-order valence-electron chi connectivity index (χ0n) is 7.05. The van der Waals surface area contributed by atoms with Gasteiger partial charge in [0.1, 0.15) is 0 Å². The molecule has 1 aromatic rings. The van der Waals surface area contributed by atoms with Gasteiger partial charge in [-0.2, -0.15) is 12.6 Å². The molecule has 0 amide bonds. The van der Waals surface area contributed by atoms with Crippen LogP contribution in [0.5, 0.6) is 0 Å². The molecule has 3 heteroatoms. The molecule has 0 N–H and O–H groups in total.